The molecule has 2 N–H and O–H groups in total. The molecular formula is C17H37N3. The van der Waals surface area contributed by atoms with Crippen molar-refractivity contribution in [2.45, 2.75) is 65.3 Å². The molecule has 1 heterocycles. The molecule has 0 bridgehead atoms. The van der Waals surface area contributed by atoms with Gasteiger partial charge in [-0.25, -0.2) is 0 Å². The van der Waals surface area contributed by atoms with Crippen LogP contribution in [0.25, 0.3) is 0 Å². The van der Waals surface area contributed by atoms with E-state index in [0.717, 1.165) is 12.5 Å². The zero-order valence-electron chi connectivity index (χ0n) is 14.1. The zero-order chi connectivity index (χ0) is 14.8. The molecule has 3 nitrogen and oxygen atoms in total. The Kier molecular flexibility index (Phi) is 9.49. The number of hydrogen-bond acceptors (Lipinski definition) is 3. The third-order valence-corrected chi connectivity index (χ3v) is 4.88. The molecule has 2 unspecified atom stereocenters. The van der Waals surface area contributed by atoms with E-state index in [1.54, 1.807) is 0 Å². The summed E-state index contributed by atoms with van der Waals surface area (Å²) in [6, 6.07) is 0.615. The van der Waals surface area contributed by atoms with Crippen molar-refractivity contribution in [2.75, 3.05) is 39.3 Å². The van der Waals surface area contributed by atoms with Gasteiger partial charge in [-0.05, 0) is 18.8 Å². The molecular weight excluding hydrogens is 246 g/mol. The van der Waals surface area contributed by atoms with Crippen molar-refractivity contribution < 1.29 is 0 Å². The summed E-state index contributed by atoms with van der Waals surface area (Å²) in [6.07, 6.45) is 7.97. The lowest BCUT2D eigenvalue weighted by atomic mass is 9.98. The van der Waals surface area contributed by atoms with E-state index in [4.69, 9.17) is 5.73 Å². The van der Waals surface area contributed by atoms with Crippen LogP contribution in [-0.4, -0.2) is 55.1 Å². The van der Waals surface area contributed by atoms with Crippen molar-refractivity contribution in [1.82, 2.24) is 9.80 Å². The highest BCUT2D eigenvalue weighted by molar-refractivity contribution is 4.80. The molecule has 0 saturated carbocycles. The summed E-state index contributed by atoms with van der Waals surface area (Å²) in [6.45, 7) is 13.9. The molecule has 0 aromatic carbocycles. The minimum absolute atomic E-state index is 0.615. The summed E-state index contributed by atoms with van der Waals surface area (Å²) >= 11 is 0. The van der Waals surface area contributed by atoms with Crippen LogP contribution in [0.3, 0.4) is 0 Å². The Morgan fingerprint density at radius 3 is 2.15 bits per heavy atom. The highest BCUT2D eigenvalue weighted by atomic mass is 15.3. The lowest BCUT2D eigenvalue weighted by molar-refractivity contribution is 0.0828. The number of rotatable bonds is 10. The number of unbranched alkanes of at least 4 members (excludes halogenated alkanes) is 1. The summed E-state index contributed by atoms with van der Waals surface area (Å²) < 4.78 is 0. The van der Waals surface area contributed by atoms with E-state index < -0.39 is 0 Å². The third-order valence-electron chi connectivity index (χ3n) is 4.88. The third kappa shape index (κ3) is 6.11. The molecule has 0 aliphatic carbocycles. The van der Waals surface area contributed by atoms with Crippen molar-refractivity contribution in [3.05, 3.63) is 0 Å². The minimum Gasteiger partial charge on any atom is -0.329 e. The molecule has 1 aliphatic heterocycles. The summed E-state index contributed by atoms with van der Waals surface area (Å²) in [4.78, 5) is 5.30. The summed E-state index contributed by atoms with van der Waals surface area (Å²) in [5.74, 6) is 0.905. The van der Waals surface area contributed by atoms with Crippen LogP contribution in [0.4, 0.5) is 0 Å². The monoisotopic (exact) mass is 283 g/mol. The lowest BCUT2D eigenvalue weighted by Gasteiger charge is -2.40. The maximum Gasteiger partial charge on any atom is 0.0219 e. The van der Waals surface area contributed by atoms with Gasteiger partial charge in [-0.2, -0.15) is 0 Å². The van der Waals surface area contributed by atoms with Crippen molar-refractivity contribution in [3.63, 3.8) is 0 Å². The molecule has 0 aromatic heterocycles. The van der Waals surface area contributed by atoms with Crippen LogP contribution in [-0.2, 0) is 0 Å². The number of nitrogens with zero attached hydrogens (tertiary/aromatic N) is 2. The van der Waals surface area contributed by atoms with Crippen LogP contribution in [0.5, 0.6) is 0 Å². The van der Waals surface area contributed by atoms with E-state index in [-0.39, 0.29) is 0 Å². The van der Waals surface area contributed by atoms with E-state index in [2.05, 4.69) is 30.6 Å². The summed E-state index contributed by atoms with van der Waals surface area (Å²) in [5, 5.41) is 0. The van der Waals surface area contributed by atoms with Gasteiger partial charge in [0.25, 0.3) is 0 Å². The van der Waals surface area contributed by atoms with Crippen molar-refractivity contribution in [2.24, 2.45) is 11.7 Å². The second kappa shape index (κ2) is 10.6. The molecule has 1 rings (SSSR count). The van der Waals surface area contributed by atoms with Crippen molar-refractivity contribution >= 4 is 0 Å². The maximum atomic E-state index is 5.93. The van der Waals surface area contributed by atoms with E-state index in [1.807, 2.05) is 0 Å². The first-order chi connectivity index (χ1) is 9.74. The van der Waals surface area contributed by atoms with Gasteiger partial charge in [0.05, 0.1) is 0 Å². The van der Waals surface area contributed by atoms with Gasteiger partial charge in [-0.1, -0.05) is 46.5 Å². The fourth-order valence-electron chi connectivity index (χ4n) is 3.38. The van der Waals surface area contributed by atoms with Gasteiger partial charge >= 0.3 is 0 Å². The van der Waals surface area contributed by atoms with Gasteiger partial charge in [-0.3, -0.25) is 4.90 Å². The molecule has 1 saturated heterocycles. The quantitative estimate of drug-likeness (QED) is 0.669. The van der Waals surface area contributed by atoms with Crippen molar-refractivity contribution in [1.29, 1.82) is 0 Å². The Morgan fingerprint density at radius 2 is 1.65 bits per heavy atom. The summed E-state index contributed by atoms with van der Waals surface area (Å²) in [7, 11) is 0. The molecule has 120 valence electrons. The van der Waals surface area contributed by atoms with Crippen LogP contribution in [0.1, 0.15) is 59.3 Å². The van der Waals surface area contributed by atoms with Crippen LogP contribution in [0.2, 0.25) is 0 Å². The Labute approximate surface area is 126 Å². The highest BCUT2D eigenvalue weighted by Crippen LogP contribution is 2.16. The zero-order valence-corrected chi connectivity index (χ0v) is 14.1. The Bertz CT molecular complexity index is 224. The molecule has 0 amide bonds. The van der Waals surface area contributed by atoms with E-state index in [9.17, 15) is 0 Å². The van der Waals surface area contributed by atoms with Gasteiger partial charge in [0.1, 0.15) is 0 Å². The Balaban J connectivity index is 2.30. The fourth-order valence-corrected chi connectivity index (χ4v) is 3.38. The second-order valence-electron chi connectivity index (χ2n) is 6.43. The van der Waals surface area contributed by atoms with Crippen LogP contribution < -0.4 is 5.73 Å². The first kappa shape index (κ1) is 17.9. The highest BCUT2D eigenvalue weighted by Gasteiger charge is 2.23. The fraction of sp³-hybridized carbons (Fsp3) is 1.00. The van der Waals surface area contributed by atoms with E-state index in [0.29, 0.717) is 6.04 Å². The average molecular weight is 284 g/mol. The molecule has 1 fully saturated rings. The van der Waals surface area contributed by atoms with Gasteiger partial charge < -0.3 is 10.6 Å². The maximum absolute atomic E-state index is 5.93. The first-order valence-electron chi connectivity index (χ1n) is 8.91. The molecule has 3 heteroatoms. The molecule has 20 heavy (non-hydrogen) atoms. The Morgan fingerprint density at radius 1 is 0.950 bits per heavy atom. The smallest absolute Gasteiger partial charge is 0.0219 e. The van der Waals surface area contributed by atoms with Gasteiger partial charge in [0, 0.05) is 45.3 Å². The van der Waals surface area contributed by atoms with Gasteiger partial charge in [-0.15, -0.1) is 0 Å². The second-order valence-corrected chi connectivity index (χ2v) is 6.43. The number of hydrogen-bond donors (Lipinski definition) is 1. The normalized spacial score (nSPS) is 21.0. The molecule has 0 radical (unpaired) electrons. The van der Waals surface area contributed by atoms with Gasteiger partial charge in [0.15, 0.2) is 0 Å². The SMILES string of the molecule is CCCCC(CC)CN1CCN(C(CN)CCC)CC1. The number of nitrogens with two attached hydrogens (primary N) is 1. The molecule has 1 aliphatic rings. The van der Waals surface area contributed by atoms with Crippen LogP contribution in [0.15, 0.2) is 0 Å². The minimum atomic E-state index is 0.615. The lowest BCUT2D eigenvalue weighted by Crippen LogP contribution is -2.53. The first-order valence-corrected chi connectivity index (χ1v) is 8.91. The molecule has 0 spiro atoms. The Hall–Kier alpha value is -0.120. The van der Waals surface area contributed by atoms with Crippen LogP contribution >= 0.6 is 0 Å². The summed E-state index contributed by atoms with van der Waals surface area (Å²) in [5.41, 5.74) is 5.93. The molecule has 2 atom stereocenters. The molecule has 0 aromatic rings. The van der Waals surface area contributed by atoms with Crippen molar-refractivity contribution in [3.8, 4) is 0 Å². The predicted molar refractivity (Wildman–Crippen MR) is 89.1 cm³/mol. The topological polar surface area (TPSA) is 32.5 Å². The largest absolute Gasteiger partial charge is 0.329 e. The average Bonchev–Trinajstić information content (AvgIpc) is 2.49. The number of piperazine rings is 1. The predicted octanol–water partition coefficient (Wildman–Crippen LogP) is 2.95. The standard InChI is InChI=1S/C17H37N3/c1-4-7-9-16(6-3)15-19-10-12-20(13-11-19)17(14-18)8-5-2/h16-17H,4-15,18H2,1-3H3. The van der Waals surface area contributed by atoms with Gasteiger partial charge in [0.2, 0.25) is 0 Å². The van der Waals surface area contributed by atoms with Crippen LogP contribution in [0, 0.1) is 5.92 Å². The van der Waals surface area contributed by atoms with E-state index >= 15 is 0 Å². The van der Waals surface area contributed by atoms with E-state index in [1.165, 1.54) is 71.2 Å².